The summed E-state index contributed by atoms with van der Waals surface area (Å²) in [5.41, 5.74) is 6.28. The summed E-state index contributed by atoms with van der Waals surface area (Å²) in [6, 6.07) is 2.18. The van der Waals surface area contributed by atoms with Crippen molar-refractivity contribution in [3.63, 3.8) is 0 Å². The van der Waals surface area contributed by atoms with E-state index < -0.39 is 37.1 Å². The lowest BCUT2D eigenvalue weighted by Crippen LogP contribution is -2.36. The number of amides is 1. The molecule has 34 heavy (non-hydrogen) atoms. The number of ether oxygens (including phenoxy) is 2. The Morgan fingerprint density at radius 2 is 2.09 bits per heavy atom. The molecule has 1 saturated heterocycles. The standard InChI is InChI=1S/C20H27F4N7O3/c1-9(2)26-19(32)34-14-8-33-17(16(14)21)12-6-15(29-28-12)27-18(25)13-5-11(7-20(22,23)24)30-31(13)10(3)4/h5-6,9-10,14,16-17H,7-8H2,1-4H3,(H,26,32)(H3,25,27,28,29). The normalized spacial score (nSPS) is 21.5. The molecule has 0 bridgehead atoms. The predicted molar refractivity (Wildman–Crippen MR) is 113 cm³/mol. The van der Waals surface area contributed by atoms with Gasteiger partial charge in [-0.1, -0.05) is 0 Å². The lowest BCUT2D eigenvalue weighted by molar-refractivity contribution is -0.127. The van der Waals surface area contributed by atoms with Crippen molar-refractivity contribution < 1.29 is 31.8 Å². The highest BCUT2D eigenvalue weighted by Crippen LogP contribution is 2.33. The quantitative estimate of drug-likeness (QED) is 0.311. The number of aromatic nitrogens is 4. The number of aromatic amines is 1. The van der Waals surface area contributed by atoms with Crippen LogP contribution in [0.3, 0.4) is 0 Å². The average Bonchev–Trinajstić information content (AvgIpc) is 3.40. The minimum absolute atomic E-state index is 0.0686. The van der Waals surface area contributed by atoms with Gasteiger partial charge < -0.3 is 20.5 Å². The number of nitrogens with zero attached hydrogens (tertiary/aromatic N) is 4. The van der Waals surface area contributed by atoms with Crippen molar-refractivity contribution >= 4 is 17.7 Å². The molecule has 2 aromatic heterocycles. The van der Waals surface area contributed by atoms with E-state index in [0.29, 0.717) is 0 Å². The van der Waals surface area contributed by atoms with Crippen molar-refractivity contribution in [2.45, 2.75) is 70.8 Å². The SMILES string of the molecule is CC(C)NC(=O)OC1COC(c2cc(N=C(N)c3cc(CC(F)(F)F)nn3C(C)C)n[nH]2)C1F. The zero-order valence-corrected chi connectivity index (χ0v) is 19.1. The van der Waals surface area contributed by atoms with Gasteiger partial charge in [-0.05, 0) is 33.8 Å². The van der Waals surface area contributed by atoms with Crippen LogP contribution < -0.4 is 11.1 Å². The third-order valence-electron chi connectivity index (χ3n) is 4.79. The van der Waals surface area contributed by atoms with E-state index >= 15 is 0 Å². The third kappa shape index (κ3) is 6.24. The molecule has 0 spiro atoms. The molecule has 188 valence electrons. The molecule has 2 aromatic rings. The fraction of sp³-hybridized carbons (Fsp3) is 0.600. The van der Waals surface area contributed by atoms with Crippen molar-refractivity contribution in [3.05, 3.63) is 29.2 Å². The Labute approximate surface area is 192 Å². The first-order chi connectivity index (χ1) is 15.8. The molecule has 3 atom stereocenters. The van der Waals surface area contributed by atoms with Crippen LogP contribution in [0.25, 0.3) is 0 Å². The number of carbonyl (C=O) groups excluding carboxylic acids is 1. The minimum atomic E-state index is -4.42. The molecule has 0 saturated carbocycles. The average molecular weight is 489 g/mol. The number of aliphatic imine (C=N–C) groups is 1. The zero-order valence-electron chi connectivity index (χ0n) is 19.1. The van der Waals surface area contributed by atoms with Crippen LogP contribution in [0.1, 0.15) is 56.9 Å². The highest BCUT2D eigenvalue weighted by molar-refractivity contribution is 5.97. The fourth-order valence-corrected chi connectivity index (χ4v) is 3.38. The predicted octanol–water partition coefficient (Wildman–Crippen LogP) is 3.24. The van der Waals surface area contributed by atoms with E-state index in [4.69, 9.17) is 15.2 Å². The number of amidine groups is 1. The Balaban J connectivity index is 1.74. The first-order valence-electron chi connectivity index (χ1n) is 10.6. The number of alkyl halides is 4. The lowest BCUT2D eigenvalue weighted by Gasteiger charge is -2.16. The number of alkyl carbamates (subject to hydrolysis) is 1. The summed E-state index contributed by atoms with van der Waals surface area (Å²) < 4.78 is 64.9. The van der Waals surface area contributed by atoms with E-state index in [1.807, 2.05) is 0 Å². The number of H-pyrrole nitrogens is 1. The van der Waals surface area contributed by atoms with Gasteiger partial charge in [0.1, 0.15) is 11.8 Å². The lowest BCUT2D eigenvalue weighted by atomic mass is 10.1. The second-order valence-electron chi connectivity index (χ2n) is 8.47. The molecule has 1 aliphatic rings. The number of rotatable bonds is 7. The van der Waals surface area contributed by atoms with Crippen LogP contribution in [0.2, 0.25) is 0 Å². The van der Waals surface area contributed by atoms with Gasteiger partial charge in [0.05, 0.1) is 24.4 Å². The molecule has 0 aromatic carbocycles. The Morgan fingerprint density at radius 3 is 2.71 bits per heavy atom. The van der Waals surface area contributed by atoms with Gasteiger partial charge in [-0.2, -0.15) is 23.4 Å². The van der Waals surface area contributed by atoms with E-state index in [1.165, 1.54) is 16.8 Å². The van der Waals surface area contributed by atoms with Gasteiger partial charge in [-0.25, -0.2) is 14.2 Å². The fourth-order valence-electron chi connectivity index (χ4n) is 3.38. The molecule has 0 aliphatic carbocycles. The Kier molecular flexibility index (Phi) is 7.48. The van der Waals surface area contributed by atoms with E-state index in [9.17, 15) is 22.4 Å². The zero-order chi connectivity index (χ0) is 25.2. The second kappa shape index (κ2) is 9.99. The molecular formula is C20H27F4N7O3. The van der Waals surface area contributed by atoms with Crippen LogP contribution in [0.5, 0.6) is 0 Å². The van der Waals surface area contributed by atoms with Gasteiger partial charge in [-0.3, -0.25) is 9.78 Å². The number of hydrogen-bond acceptors (Lipinski definition) is 6. The number of carbonyl (C=O) groups is 1. The van der Waals surface area contributed by atoms with E-state index in [-0.39, 0.29) is 47.4 Å². The van der Waals surface area contributed by atoms with E-state index in [2.05, 4.69) is 25.6 Å². The van der Waals surface area contributed by atoms with Gasteiger partial charge in [0.25, 0.3) is 0 Å². The first-order valence-corrected chi connectivity index (χ1v) is 10.6. The molecule has 3 heterocycles. The maximum absolute atomic E-state index is 14.8. The summed E-state index contributed by atoms with van der Waals surface area (Å²) in [5, 5.41) is 13.1. The summed E-state index contributed by atoms with van der Waals surface area (Å²) in [7, 11) is 0. The van der Waals surface area contributed by atoms with Crippen LogP contribution in [0, 0.1) is 0 Å². The van der Waals surface area contributed by atoms with Crippen LogP contribution >= 0.6 is 0 Å². The van der Waals surface area contributed by atoms with Crippen molar-refractivity contribution in [2.24, 2.45) is 10.7 Å². The van der Waals surface area contributed by atoms with E-state index in [0.717, 1.165) is 0 Å². The van der Waals surface area contributed by atoms with Gasteiger partial charge in [0.2, 0.25) is 0 Å². The molecule has 10 nitrogen and oxygen atoms in total. The van der Waals surface area contributed by atoms with Crippen molar-refractivity contribution in [3.8, 4) is 0 Å². The second-order valence-corrected chi connectivity index (χ2v) is 8.47. The highest BCUT2D eigenvalue weighted by Gasteiger charge is 2.42. The van der Waals surface area contributed by atoms with Crippen LogP contribution in [-0.4, -0.2) is 63.0 Å². The van der Waals surface area contributed by atoms with Crippen molar-refractivity contribution in [2.75, 3.05) is 6.61 Å². The molecule has 1 amide bonds. The first kappa shape index (κ1) is 25.5. The monoisotopic (exact) mass is 489 g/mol. The molecular weight excluding hydrogens is 462 g/mol. The Bertz CT molecular complexity index is 1030. The molecule has 4 N–H and O–H groups in total. The maximum atomic E-state index is 14.8. The number of halogens is 4. The molecule has 1 aliphatic heterocycles. The van der Waals surface area contributed by atoms with Gasteiger partial charge in [0, 0.05) is 18.2 Å². The highest BCUT2D eigenvalue weighted by atomic mass is 19.4. The van der Waals surface area contributed by atoms with Crippen LogP contribution in [-0.2, 0) is 15.9 Å². The topological polar surface area (TPSA) is 132 Å². The summed E-state index contributed by atoms with van der Waals surface area (Å²) in [4.78, 5) is 15.9. The summed E-state index contributed by atoms with van der Waals surface area (Å²) in [6.45, 7) is 6.82. The third-order valence-corrected chi connectivity index (χ3v) is 4.79. The van der Waals surface area contributed by atoms with Crippen molar-refractivity contribution in [1.29, 1.82) is 0 Å². The van der Waals surface area contributed by atoms with Crippen LogP contribution in [0.15, 0.2) is 17.1 Å². The Morgan fingerprint density at radius 1 is 1.38 bits per heavy atom. The maximum Gasteiger partial charge on any atom is 0.407 e. The molecule has 3 rings (SSSR count). The summed E-state index contributed by atoms with van der Waals surface area (Å²) in [6.07, 6.45) is -10.2. The van der Waals surface area contributed by atoms with E-state index in [1.54, 1.807) is 27.7 Å². The molecule has 1 fully saturated rings. The van der Waals surface area contributed by atoms with Crippen LogP contribution in [0.4, 0.5) is 28.2 Å². The minimum Gasteiger partial charge on any atom is -0.441 e. The summed E-state index contributed by atoms with van der Waals surface area (Å²) in [5.74, 6) is -0.0394. The van der Waals surface area contributed by atoms with Crippen molar-refractivity contribution in [1.82, 2.24) is 25.3 Å². The molecule has 14 heteroatoms. The smallest absolute Gasteiger partial charge is 0.407 e. The number of hydrogen-bond donors (Lipinski definition) is 3. The number of nitrogens with two attached hydrogens (primary N) is 1. The van der Waals surface area contributed by atoms with Gasteiger partial charge in [-0.15, -0.1) is 0 Å². The van der Waals surface area contributed by atoms with Gasteiger partial charge in [0.15, 0.2) is 23.9 Å². The largest absolute Gasteiger partial charge is 0.441 e. The summed E-state index contributed by atoms with van der Waals surface area (Å²) >= 11 is 0. The number of nitrogens with one attached hydrogen (secondary N) is 2. The molecule has 3 unspecified atom stereocenters. The van der Waals surface area contributed by atoms with Gasteiger partial charge >= 0.3 is 12.3 Å². The Hall–Kier alpha value is -3.16. The molecule has 0 radical (unpaired) electrons.